The zero-order valence-corrected chi connectivity index (χ0v) is 11.4. The van der Waals surface area contributed by atoms with E-state index in [1.165, 1.54) is 0 Å². The van der Waals surface area contributed by atoms with Crippen molar-refractivity contribution in [2.45, 2.75) is 19.9 Å². The Labute approximate surface area is 109 Å². The SMILES string of the molecule is COCCOCCOc1cc(C)ccc1C(C)N. The highest BCUT2D eigenvalue weighted by atomic mass is 16.5. The van der Waals surface area contributed by atoms with Crippen LogP contribution in [0.4, 0.5) is 0 Å². The van der Waals surface area contributed by atoms with E-state index in [4.69, 9.17) is 19.9 Å². The quantitative estimate of drug-likeness (QED) is 0.720. The molecule has 0 radical (unpaired) electrons. The number of hydrogen-bond acceptors (Lipinski definition) is 4. The molecule has 0 aliphatic rings. The van der Waals surface area contributed by atoms with Crippen LogP contribution in [0.25, 0.3) is 0 Å². The first-order valence-corrected chi connectivity index (χ1v) is 6.20. The predicted octanol–water partition coefficient (Wildman–Crippen LogP) is 2.06. The molecule has 4 nitrogen and oxygen atoms in total. The number of methoxy groups -OCH3 is 1. The topological polar surface area (TPSA) is 53.7 Å². The molecule has 0 saturated carbocycles. The minimum absolute atomic E-state index is 0.0324. The van der Waals surface area contributed by atoms with Gasteiger partial charge in [0, 0.05) is 18.7 Å². The van der Waals surface area contributed by atoms with Crippen LogP contribution in [0, 0.1) is 6.92 Å². The van der Waals surface area contributed by atoms with E-state index in [1.807, 2.05) is 32.0 Å². The van der Waals surface area contributed by atoms with Crippen LogP contribution in [0.1, 0.15) is 24.1 Å². The first kappa shape index (κ1) is 15.0. The number of rotatable bonds is 8. The molecule has 0 amide bonds. The molecule has 4 heteroatoms. The molecule has 102 valence electrons. The number of aryl methyl sites for hydroxylation is 1. The summed E-state index contributed by atoms with van der Waals surface area (Å²) in [5.41, 5.74) is 8.09. The molecule has 2 N–H and O–H groups in total. The smallest absolute Gasteiger partial charge is 0.124 e. The second-order valence-corrected chi connectivity index (χ2v) is 4.28. The van der Waals surface area contributed by atoms with Crippen molar-refractivity contribution < 1.29 is 14.2 Å². The molecular formula is C14H23NO3. The third kappa shape index (κ3) is 5.04. The molecule has 1 aromatic rings. The van der Waals surface area contributed by atoms with Gasteiger partial charge in [0.1, 0.15) is 12.4 Å². The Morgan fingerprint density at radius 3 is 2.56 bits per heavy atom. The number of ether oxygens (including phenoxy) is 3. The predicted molar refractivity (Wildman–Crippen MR) is 72.0 cm³/mol. The van der Waals surface area contributed by atoms with Crippen molar-refractivity contribution in [1.29, 1.82) is 0 Å². The minimum Gasteiger partial charge on any atom is -0.491 e. The molecule has 0 aliphatic heterocycles. The first-order chi connectivity index (χ1) is 8.65. The van der Waals surface area contributed by atoms with E-state index in [1.54, 1.807) is 7.11 Å². The van der Waals surface area contributed by atoms with Gasteiger partial charge >= 0.3 is 0 Å². The van der Waals surface area contributed by atoms with E-state index in [0.717, 1.165) is 16.9 Å². The van der Waals surface area contributed by atoms with Crippen molar-refractivity contribution in [1.82, 2.24) is 0 Å². The van der Waals surface area contributed by atoms with Gasteiger partial charge in [-0.15, -0.1) is 0 Å². The van der Waals surface area contributed by atoms with Crippen molar-refractivity contribution in [3.8, 4) is 5.75 Å². The van der Waals surface area contributed by atoms with Crippen molar-refractivity contribution in [3.63, 3.8) is 0 Å². The van der Waals surface area contributed by atoms with Crippen molar-refractivity contribution in [3.05, 3.63) is 29.3 Å². The van der Waals surface area contributed by atoms with Gasteiger partial charge < -0.3 is 19.9 Å². The molecular weight excluding hydrogens is 230 g/mol. The molecule has 0 bridgehead atoms. The van der Waals surface area contributed by atoms with E-state index in [9.17, 15) is 0 Å². The molecule has 0 fully saturated rings. The summed E-state index contributed by atoms with van der Waals surface area (Å²) >= 11 is 0. The highest BCUT2D eigenvalue weighted by Gasteiger charge is 2.08. The third-order valence-corrected chi connectivity index (χ3v) is 2.58. The van der Waals surface area contributed by atoms with Crippen molar-refractivity contribution >= 4 is 0 Å². The van der Waals surface area contributed by atoms with Gasteiger partial charge in [0.15, 0.2) is 0 Å². The van der Waals surface area contributed by atoms with Gasteiger partial charge in [0.2, 0.25) is 0 Å². The van der Waals surface area contributed by atoms with Crippen molar-refractivity contribution in [2.75, 3.05) is 33.5 Å². The Hall–Kier alpha value is -1.10. The summed E-state index contributed by atoms with van der Waals surface area (Å²) in [5, 5.41) is 0. The van der Waals surface area contributed by atoms with Gasteiger partial charge in [0.25, 0.3) is 0 Å². The summed E-state index contributed by atoms with van der Waals surface area (Å²) in [5.74, 6) is 0.848. The Morgan fingerprint density at radius 2 is 1.89 bits per heavy atom. The molecule has 1 aromatic carbocycles. The molecule has 0 aliphatic carbocycles. The molecule has 1 unspecified atom stereocenters. The lowest BCUT2D eigenvalue weighted by molar-refractivity contribution is 0.0542. The van der Waals surface area contributed by atoms with Crippen LogP contribution in [-0.4, -0.2) is 33.5 Å². The summed E-state index contributed by atoms with van der Waals surface area (Å²) in [4.78, 5) is 0. The average molecular weight is 253 g/mol. The van der Waals surface area contributed by atoms with E-state index >= 15 is 0 Å². The molecule has 0 spiro atoms. The summed E-state index contributed by atoms with van der Waals surface area (Å²) < 4.78 is 15.9. The summed E-state index contributed by atoms with van der Waals surface area (Å²) in [7, 11) is 1.65. The van der Waals surface area contributed by atoms with Crippen LogP contribution in [-0.2, 0) is 9.47 Å². The summed E-state index contributed by atoms with van der Waals surface area (Å²) in [6.45, 7) is 6.26. The zero-order valence-electron chi connectivity index (χ0n) is 11.4. The van der Waals surface area contributed by atoms with E-state index in [2.05, 4.69) is 0 Å². The maximum absolute atomic E-state index is 5.91. The van der Waals surface area contributed by atoms with E-state index < -0.39 is 0 Å². The monoisotopic (exact) mass is 253 g/mol. The highest BCUT2D eigenvalue weighted by Crippen LogP contribution is 2.24. The Bertz CT molecular complexity index is 353. The number of benzene rings is 1. The third-order valence-electron chi connectivity index (χ3n) is 2.58. The molecule has 1 rings (SSSR count). The summed E-state index contributed by atoms with van der Waals surface area (Å²) in [6.07, 6.45) is 0. The fraction of sp³-hybridized carbons (Fsp3) is 0.571. The van der Waals surface area contributed by atoms with Gasteiger partial charge in [-0.05, 0) is 25.5 Å². The highest BCUT2D eigenvalue weighted by molar-refractivity contribution is 5.38. The Balaban J connectivity index is 2.43. The Kier molecular flexibility index (Phi) is 6.72. The normalized spacial score (nSPS) is 12.4. The lowest BCUT2D eigenvalue weighted by Gasteiger charge is -2.14. The number of nitrogens with two attached hydrogens (primary N) is 1. The van der Waals surface area contributed by atoms with Crippen LogP contribution >= 0.6 is 0 Å². The molecule has 0 saturated heterocycles. The van der Waals surface area contributed by atoms with Gasteiger partial charge in [-0.25, -0.2) is 0 Å². The minimum atomic E-state index is -0.0324. The van der Waals surface area contributed by atoms with Crippen LogP contribution in [0.15, 0.2) is 18.2 Å². The average Bonchev–Trinajstić information content (AvgIpc) is 2.33. The standard InChI is InChI=1S/C14H23NO3/c1-11-4-5-13(12(2)15)14(10-11)18-9-8-17-7-6-16-3/h4-5,10,12H,6-9,15H2,1-3H3. The maximum Gasteiger partial charge on any atom is 0.124 e. The van der Waals surface area contributed by atoms with Crippen molar-refractivity contribution in [2.24, 2.45) is 5.73 Å². The summed E-state index contributed by atoms with van der Waals surface area (Å²) in [6, 6.07) is 6.03. The lowest BCUT2D eigenvalue weighted by Crippen LogP contribution is -2.13. The maximum atomic E-state index is 5.91. The molecule has 1 atom stereocenters. The van der Waals surface area contributed by atoms with Gasteiger partial charge in [-0.2, -0.15) is 0 Å². The van der Waals surface area contributed by atoms with Gasteiger partial charge in [-0.3, -0.25) is 0 Å². The van der Waals surface area contributed by atoms with Gasteiger partial charge in [-0.1, -0.05) is 12.1 Å². The first-order valence-electron chi connectivity index (χ1n) is 6.20. The van der Waals surface area contributed by atoms with Crippen LogP contribution in [0.3, 0.4) is 0 Å². The molecule has 18 heavy (non-hydrogen) atoms. The van der Waals surface area contributed by atoms with E-state index in [0.29, 0.717) is 26.4 Å². The van der Waals surface area contributed by atoms with Crippen LogP contribution in [0.5, 0.6) is 5.75 Å². The zero-order chi connectivity index (χ0) is 13.4. The second kappa shape index (κ2) is 8.08. The number of hydrogen-bond donors (Lipinski definition) is 1. The van der Waals surface area contributed by atoms with E-state index in [-0.39, 0.29) is 6.04 Å². The fourth-order valence-corrected chi connectivity index (χ4v) is 1.60. The largest absolute Gasteiger partial charge is 0.491 e. The fourth-order valence-electron chi connectivity index (χ4n) is 1.60. The van der Waals surface area contributed by atoms with Gasteiger partial charge in [0.05, 0.1) is 19.8 Å². The van der Waals surface area contributed by atoms with Crippen LogP contribution < -0.4 is 10.5 Å². The Morgan fingerprint density at radius 1 is 1.17 bits per heavy atom. The molecule has 0 heterocycles. The lowest BCUT2D eigenvalue weighted by atomic mass is 10.1. The second-order valence-electron chi connectivity index (χ2n) is 4.28. The molecule has 0 aromatic heterocycles. The van der Waals surface area contributed by atoms with Crippen LogP contribution in [0.2, 0.25) is 0 Å².